The van der Waals surface area contributed by atoms with Crippen LogP contribution in [0.5, 0.6) is 0 Å². The number of allylic oxidation sites excluding steroid dienone is 1. The number of rotatable bonds is 5. The predicted molar refractivity (Wildman–Crippen MR) is 64.2 cm³/mol. The second kappa shape index (κ2) is 12.8. The van der Waals surface area contributed by atoms with Gasteiger partial charge in [0.25, 0.3) is 0 Å². The van der Waals surface area contributed by atoms with E-state index in [-0.39, 0.29) is 50.3 Å². The molecule has 0 aromatic heterocycles. The molecule has 0 amide bonds. The summed E-state index contributed by atoms with van der Waals surface area (Å²) in [5, 5.41) is 0. The summed E-state index contributed by atoms with van der Waals surface area (Å²) in [5.41, 5.74) is 9.62. The van der Waals surface area contributed by atoms with E-state index in [1.54, 1.807) is 6.08 Å². The summed E-state index contributed by atoms with van der Waals surface area (Å²) >= 11 is 0. The zero-order chi connectivity index (χ0) is 12.0. The molecule has 0 fully saturated rings. The molecule has 0 aromatic rings. The first kappa shape index (κ1) is 23.9. The molecule has 0 bridgehead atoms. The third-order valence-corrected chi connectivity index (χ3v) is 2.68. The molecule has 19 heavy (non-hydrogen) atoms. The molecule has 1 unspecified atom stereocenters. The van der Waals surface area contributed by atoms with Crippen molar-refractivity contribution in [2.24, 2.45) is 0 Å². The van der Waals surface area contributed by atoms with Crippen LogP contribution in [-0.2, 0) is 24.2 Å². The van der Waals surface area contributed by atoms with Crippen LogP contribution in [-0.4, -0.2) is 41.1 Å². The van der Waals surface area contributed by atoms with Gasteiger partial charge in [0, 0.05) is 6.08 Å². The number of ether oxygens (including phenoxy) is 1. The third-order valence-electron chi connectivity index (χ3n) is 2.68. The van der Waals surface area contributed by atoms with Crippen LogP contribution in [0.2, 0.25) is 0 Å². The first-order valence-electron chi connectivity index (χ1n) is 5.75. The Morgan fingerprint density at radius 3 is 2.21 bits per heavy atom. The summed E-state index contributed by atoms with van der Waals surface area (Å²) in [6.45, 7) is 8.59. The van der Waals surface area contributed by atoms with E-state index >= 15 is 0 Å². The van der Waals surface area contributed by atoms with E-state index in [0.29, 0.717) is 12.3 Å². The van der Waals surface area contributed by atoms with Crippen LogP contribution in [0.25, 0.3) is 5.53 Å². The molecular weight excluding hydrogens is 338 g/mol. The Morgan fingerprint density at radius 1 is 1.21 bits per heavy atom. The minimum atomic E-state index is 0. The molecule has 7 heteroatoms. The van der Waals surface area contributed by atoms with Gasteiger partial charge in [0.05, 0.1) is 6.61 Å². The number of hydrogen-bond acceptors (Lipinski definition) is 2. The molecule has 0 aliphatic heterocycles. The summed E-state index contributed by atoms with van der Waals surface area (Å²) in [7, 11) is 0. The fourth-order valence-corrected chi connectivity index (χ4v) is 1.83. The minimum absolute atomic E-state index is 0. The monoisotopic (exact) mass is 355 g/mol. The van der Waals surface area contributed by atoms with Gasteiger partial charge in [-0.2, -0.15) is 4.79 Å². The van der Waals surface area contributed by atoms with Crippen molar-refractivity contribution in [1.82, 2.24) is 4.90 Å². The molecule has 1 atom stereocenters. The topological polar surface area (TPSA) is 48.9 Å². The maximum atomic E-state index is 8.96. The van der Waals surface area contributed by atoms with Crippen LogP contribution in [0.15, 0.2) is 24.0 Å². The summed E-state index contributed by atoms with van der Waals surface area (Å²) in [6, 6.07) is 0.00606. The SMILES string of the molecule is CCOC1=CC(N(CC)CC)C(=[N+]=[N-])C=C1.[Cl-].[Cl-].[Zn+2]. The first-order chi connectivity index (χ1) is 7.76. The van der Waals surface area contributed by atoms with Gasteiger partial charge in [-0.15, -0.1) is 0 Å². The molecule has 0 aromatic carbocycles. The Hall–Kier alpha value is -0.177. The number of hydrogen-bond donors (Lipinski definition) is 0. The zero-order valence-electron chi connectivity index (χ0n) is 11.6. The van der Waals surface area contributed by atoms with E-state index in [4.69, 9.17) is 10.3 Å². The van der Waals surface area contributed by atoms with Crippen molar-refractivity contribution in [2.45, 2.75) is 26.8 Å². The number of likely N-dealkylation sites (N-methyl/N-ethyl adjacent to an activating group) is 1. The Kier molecular flexibility index (Phi) is 16.1. The first-order valence-corrected chi connectivity index (χ1v) is 5.75. The Bertz CT molecular complexity index is 351. The van der Waals surface area contributed by atoms with Crippen molar-refractivity contribution in [3.63, 3.8) is 0 Å². The van der Waals surface area contributed by atoms with Crippen molar-refractivity contribution in [3.05, 3.63) is 29.5 Å². The fourth-order valence-electron chi connectivity index (χ4n) is 1.83. The summed E-state index contributed by atoms with van der Waals surface area (Å²) in [4.78, 5) is 5.53. The molecule has 0 heterocycles. The minimum Gasteiger partial charge on any atom is -1.00 e. The Balaban J connectivity index is -0.000000853. The quantitative estimate of drug-likeness (QED) is 0.285. The molecular formula is C12H19Cl2N3OZn. The average Bonchev–Trinajstić information content (AvgIpc) is 2.31. The van der Waals surface area contributed by atoms with Crippen molar-refractivity contribution >= 4 is 5.71 Å². The smallest absolute Gasteiger partial charge is 1.00 e. The van der Waals surface area contributed by atoms with Gasteiger partial charge in [-0.3, -0.25) is 4.90 Å². The summed E-state index contributed by atoms with van der Waals surface area (Å²) in [6.07, 6.45) is 5.62. The van der Waals surface area contributed by atoms with E-state index in [1.165, 1.54) is 0 Å². The molecule has 0 spiro atoms. The van der Waals surface area contributed by atoms with Gasteiger partial charge in [-0.25, -0.2) is 0 Å². The summed E-state index contributed by atoms with van der Waals surface area (Å²) in [5.74, 6) is 0.840. The number of halogens is 2. The van der Waals surface area contributed by atoms with Gasteiger partial charge in [0.1, 0.15) is 11.8 Å². The average molecular weight is 358 g/mol. The van der Waals surface area contributed by atoms with E-state index < -0.39 is 0 Å². The van der Waals surface area contributed by atoms with E-state index in [2.05, 4.69) is 23.5 Å². The molecule has 0 radical (unpaired) electrons. The van der Waals surface area contributed by atoms with Crippen molar-refractivity contribution < 1.29 is 53.8 Å². The van der Waals surface area contributed by atoms with E-state index in [1.807, 2.05) is 19.1 Å². The second-order valence-electron chi connectivity index (χ2n) is 3.53. The van der Waals surface area contributed by atoms with Gasteiger partial charge >= 0.3 is 25.2 Å². The van der Waals surface area contributed by atoms with E-state index in [0.717, 1.165) is 18.8 Å². The Morgan fingerprint density at radius 2 is 1.79 bits per heavy atom. The predicted octanol–water partition coefficient (Wildman–Crippen LogP) is -4.14. The molecule has 4 nitrogen and oxygen atoms in total. The van der Waals surface area contributed by atoms with Crippen molar-refractivity contribution in [2.75, 3.05) is 19.7 Å². The maximum Gasteiger partial charge on any atom is 2.00 e. The van der Waals surface area contributed by atoms with Crippen molar-refractivity contribution in [1.29, 1.82) is 0 Å². The van der Waals surface area contributed by atoms with Gasteiger partial charge in [-0.1, -0.05) is 13.8 Å². The van der Waals surface area contributed by atoms with Gasteiger partial charge in [0.15, 0.2) is 0 Å². The van der Waals surface area contributed by atoms with Crippen LogP contribution in [0.1, 0.15) is 20.8 Å². The molecule has 0 N–H and O–H groups in total. The van der Waals surface area contributed by atoms with E-state index in [9.17, 15) is 0 Å². The molecule has 1 aliphatic rings. The molecule has 1 rings (SSSR count). The summed E-state index contributed by atoms with van der Waals surface area (Å²) < 4.78 is 5.46. The van der Waals surface area contributed by atoms with Crippen molar-refractivity contribution in [3.8, 4) is 0 Å². The van der Waals surface area contributed by atoms with Crippen LogP contribution < -0.4 is 24.8 Å². The van der Waals surface area contributed by atoms with Crippen LogP contribution >= 0.6 is 0 Å². The van der Waals surface area contributed by atoms with Crippen LogP contribution in [0.4, 0.5) is 0 Å². The molecule has 104 valence electrons. The number of nitrogens with zero attached hydrogens (tertiary/aromatic N) is 3. The second-order valence-corrected chi connectivity index (χ2v) is 3.53. The third kappa shape index (κ3) is 6.69. The standard InChI is InChI=1S/C12H19N3O.2ClH.Zn/c1-4-15(5-2)12-9-10(16-6-3)7-8-11(12)14-13;;;/h7-9,12H,4-6H2,1-3H3;2*1H;/q;;;+2/p-2. The van der Waals surface area contributed by atoms with Gasteiger partial charge in [-0.05, 0) is 32.2 Å². The van der Waals surface area contributed by atoms with Gasteiger partial charge in [0.2, 0.25) is 0 Å². The zero-order valence-corrected chi connectivity index (χ0v) is 16.1. The molecule has 0 saturated heterocycles. The van der Waals surface area contributed by atoms with Crippen LogP contribution in [0.3, 0.4) is 0 Å². The molecule has 0 saturated carbocycles. The Labute approximate surface area is 140 Å². The van der Waals surface area contributed by atoms with Gasteiger partial charge < -0.3 is 35.1 Å². The van der Waals surface area contributed by atoms with Crippen LogP contribution in [0, 0.1) is 0 Å². The molecule has 1 aliphatic carbocycles. The maximum absolute atomic E-state index is 8.96. The fraction of sp³-hybridized carbons (Fsp3) is 0.583. The largest absolute Gasteiger partial charge is 2.00 e. The normalized spacial score (nSPS) is 16.5.